The van der Waals surface area contributed by atoms with Crippen LogP contribution in [0.5, 0.6) is 0 Å². The van der Waals surface area contributed by atoms with E-state index in [9.17, 15) is 24.6 Å². The summed E-state index contributed by atoms with van der Waals surface area (Å²) < 4.78 is 1.94. The Morgan fingerprint density at radius 1 is 1.25 bits per heavy atom. The maximum atomic E-state index is 10.3. The molecular weight excluding hydrogens is 299 g/mol. The normalized spacial score (nSPS) is 9.70. The minimum atomic E-state index is -2.86. The van der Waals surface area contributed by atoms with Crippen LogP contribution in [-0.4, -0.2) is 38.7 Å². The molecule has 0 aliphatic carbocycles. The molecule has 9 nitrogen and oxygen atoms in total. The van der Waals surface area contributed by atoms with Gasteiger partial charge in [0.05, 0.1) is 7.05 Å². The number of aromatic amines is 1. The molecule has 20 heavy (non-hydrogen) atoms. The molecule has 1 aromatic heterocycles. The van der Waals surface area contributed by atoms with Crippen molar-refractivity contribution >= 4 is 17.9 Å². The van der Waals surface area contributed by atoms with Gasteiger partial charge in [0.1, 0.15) is 12.4 Å². The average molecular weight is 312 g/mol. The fraction of sp³-hybridized carbons (Fsp3) is 0.400. The van der Waals surface area contributed by atoms with Crippen LogP contribution in [-0.2, 0) is 21.4 Å². The largest absolute Gasteiger partial charge is 1.00 e. The first-order valence-corrected chi connectivity index (χ1v) is 5.01. The number of nitrogens with one attached hydrogen (secondary N) is 1. The van der Waals surface area contributed by atoms with E-state index >= 15 is 0 Å². The molecule has 0 unspecified atom stereocenters. The van der Waals surface area contributed by atoms with Crippen LogP contribution in [0.2, 0.25) is 0 Å². The molecule has 0 amide bonds. The number of aliphatic hydroxyl groups is 1. The van der Waals surface area contributed by atoms with E-state index in [1.165, 1.54) is 0 Å². The molecule has 3 N–H and O–H groups in total. The summed E-state index contributed by atoms with van der Waals surface area (Å²) in [5.74, 6) is -5.65. The molecular formula is C10H13KN2O7. The molecule has 0 radical (unpaired) electrons. The van der Waals surface area contributed by atoms with E-state index in [0.717, 1.165) is 0 Å². The Labute approximate surface area is 156 Å². The Kier molecular flexibility index (Phi) is 10.8. The van der Waals surface area contributed by atoms with Crippen LogP contribution in [0.15, 0.2) is 18.7 Å². The van der Waals surface area contributed by atoms with Crippen LogP contribution >= 0.6 is 0 Å². The van der Waals surface area contributed by atoms with E-state index in [0.29, 0.717) is 0 Å². The number of aromatic nitrogens is 2. The van der Waals surface area contributed by atoms with E-state index in [-0.39, 0.29) is 51.4 Å². The molecule has 0 bridgehead atoms. The third kappa shape index (κ3) is 9.17. The smallest absolute Gasteiger partial charge is 0.550 e. The maximum absolute atomic E-state index is 10.3. The van der Waals surface area contributed by atoms with Crippen molar-refractivity contribution in [3.63, 3.8) is 0 Å². The number of aliphatic carboxylic acids is 3. The van der Waals surface area contributed by atoms with Crippen molar-refractivity contribution in [2.45, 2.75) is 18.4 Å². The van der Waals surface area contributed by atoms with Crippen molar-refractivity contribution in [1.29, 1.82) is 0 Å². The van der Waals surface area contributed by atoms with E-state index in [4.69, 9.17) is 10.2 Å². The van der Waals surface area contributed by atoms with Gasteiger partial charge in [-0.05, 0) is 0 Å². The van der Waals surface area contributed by atoms with Crippen LogP contribution in [0.4, 0.5) is 0 Å². The molecule has 106 valence electrons. The number of aryl methyl sites for hydroxylation is 1. The molecule has 10 heteroatoms. The Morgan fingerprint density at radius 3 is 1.85 bits per heavy atom. The predicted molar refractivity (Wildman–Crippen MR) is 53.8 cm³/mol. The molecule has 1 rings (SSSR count). The minimum Gasteiger partial charge on any atom is -0.550 e. The van der Waals surface area contributed by atoms with Gasteiger partial charge in [-0.1, -0.05) is 0 Å². The Bertz CT molecular complexity index is 430. The number of imidazole rings is 1. The standard InChI is InChI=1S/C6H8O7.C4H6N2.K/c7-3(8)1-6(13,5(11)12)2-4(9)10;1-6-3-2-5-4-6;/h13H,1-2H2,(H,7,8)(H,9,10)(H,11,12);2-4H,1H3;/q;;+1/p-1. The molecule has 0 spiro atoms. The van der Waals surface area contributed by atoms with Crippen LogP contribution in [0.1, 0.15) is 12.8 Å². The number of carbonyl (C=O) groups is 3. The summed E-state index contributed by atoms with van der Waals surface area (Å²) in [6.45, 7) is 0. The second-order valence-electron chi connectivity index (χ2n) is 3.71. The van der Waals surface area contributed by atoms with Gasteiger partial charge in [0.2, 0.25) is 6.33 Å². The van der Waals surface area contributed by atoms with E-state index < -0.39 is 36.4 Å². The van der Waals surface area contributed by atoms with Crippen molar-refractivity contribution in [1.82, 2.24) is 4.98 Å². The number of rotatable bonds is 5. The zero-order valence-corrected chi connectivity index (χ0v) is 14.2. The number of carbonyl (C=O) groups excluding carboxylic acids is 2. The summed E-state index contributed by atoms with van der Waals surface area (Å²) in [6.07, 6.45) is 3.10. The van der Waals surface area contributed by atoms with Crippen LogP contribution in [0, 0.1) is 0 Å². The van der Waals surface area contributed by atoms with Crippen molar-refractivity contribution in [3.05, 3.63) is 18.7 Å². The van der Waals surface area contributed by atoms with E-state index in [1.807, 2.05) is 30.3 Å². The van der Waals surface area contributed by atoms with Crippen LogP contribution in [0.25, 0.3) is 0 Å². The summed E-state index contributed by atoms with van der Waals surface area (Å²) in [6, 6.07) is 0. The zero-order chi connectivity index (χ0) is 15.1. The Balaban J connectivity index is 0. The van der Waals surface area contributed by atoms with Crippen molar-refractivity contribution in [2.24, 2.45) is 7.05 Å². The monoisotopic (exact) mass is 312 g/mol. The second-order valence-corrected chi connectivity index (χ2v) is 3.71. The number of nitrogens with zero attached hydrogens (tertiary/aromatic N) is 1. The molecule has 1 heterocycles. The summed E-state index contributed by atoms with van der Waals surface area (Å²) in [5, 5.41) is 37.2. The molecule has 0 fully saturated rings. The van der Waals surface area contributed by atoms with Gasteiger partial charge in [-0.25, -0.2) is 9.36 Å². The van der Waals surface area contributed by atoms with Crippen LogP contribution < -0.4 is 66.2 Å². The number of hydrogen-bond acceptors (Lipinski definition) is 6. The summed E-state index contributed by atoms with van der Waals surface area (Å²) in [7, 11) is 1.97. The van der Waals surface area contributed by atoms with Gasteiger partial charge in [0.25, 0.3) is 0 Å². The Morgan fingerprint density at radius 2 is 1.70 bits per heavy atom. The predicted octanol–water partition coefficient (Wildman–Crippen LogP) is -7.07. The fourth-order valence-electron chi connectivity index (χ4n) is 1.06. The van der Waals surface area contributed by atoms with Gasteiger partial charge in [-0.3, -0.25) is 4.98 Å². The zero-order valence-electron chi connectivity index (χ0n) is 11.0. The van der Waals surface area contributed by atoms with Crippen LogP contribution in [0.3, 0.4) is 0 Å². The first-order chi connectivity index (χ1) is 8.67. The molecule has 0 aromatic carbocycles. The Hall–Kier alpha value is -0.784. The molecule has 0 saturated carbocycles. The van der Waals surface area contributed by atoms with Gasteiger partial charge in [0.15, 0.2) is 5.60 Å². The molecule has 0 aliphatic heterocycles. The van der Waals surface area contributed by atoms with Gasteiger partial charge in [-0.2, -0.15) is 0 Å². The molecule has 0 aliphatic rings. The summed E-state index contributed by atoms with van der Waals surface area (Å²) in [4.78, 5) is 33.1. The minimum absolute atomic E-state index is 0. The van der Waals surface area contributed by atoms with Gasteiger partial charge >= 0.3 is 57.4 Å². The third-order valence-electron chi connectivity index (χ3n) is 1.96. The van der Waals surface area contributed by atoms with Gasteiger partial charge in [-0.15, -0.1) is 0 Å². The van der Waals surface area contributed by atoms with Gasteiger partial charge < -0.3 is 30.0 Å². The number of carboxylic acid groups (broad SMARTS) is 3. The van der Waals surface area contributed by atoms with Crippen molar-refractivity contribution in [2.75, 3.05) is 0 Å². The van der Waals surface area contributed by atoms with E-state index in [1.54, 1.807) is 0 Å². The molecule has 0 atom stereocenters. The summed E-state index contributed by atoms with van der Waals surface area (Å²) >= 11 is 0. The molecule has 0 saturated heterocycles. The second kappa shape index (κ2) is 10.0. The molecule has 1 aromatic rings. The van der Waals surface area contributed by atoms with Crippen molar-refractivity contribution in [3.8, 4) is 0 Å². The average Bonchev–Trinajstić information content (AvgIpc) is 2.67. The third-order valence-corrected chi connectivity index (χ3v) is 1.96. The van der Waals surface area contributed by atoms with Gasteiger partial charge in [0, 0.05) is 24.8 Å². The number of hydrogen-bond donors (Lipinski definition) is 3. The fourth-order valence-corrected chi connectivity index (χ4v) is 1.06. The first kappa shape index (κ1) is 21.5. The number of H-pyrrole nitrogens is 1. The maximum Gasteiger partial charge on any atom is 1.00 e. The first-order valence-electron chi connectivity index (χ1n) is 5.01. The topological polar surface area (TPSA) is 157 Å². The quantitative estimate of drug-likeness (QED) is 0.360. The summed E-state index contributed by atoms with van der Waals surface area (Å²) in [5.41, 5.74) is -2.86. The number of carboxylic acids is 3. The van der Waals surface area contributed by atoms with Crippen molar-refractivity contribution < 1.29 is 90.8 Å². The SMILES string of the molecule is C[n+]1cc[nH]c1.O=C([O-])CC(O)(CC(=O)[O-])C(=O)O.[K+]. The van der Waals surface area contributed by atoms with E-state index in [2.05, 4.69) is 4.98 Å².